The summed E-state index contributed by atoms with van der Waals surface area (Å²) in [6.07, 6.45) is 1.94. The van der Waals surface area contributed by atoms with E-state index >= 15 is 0 Å². The lowest BCUT2D eigenvalue weighted by Gasteiger charge is -2.35. The standard InChI is InChI=1S/C14H27N3O2/c1-6-14(3)13(19)17(10-8-12(18)15-14)11(2)7-9-16(4)5/h11H,6-10H2,1-5H3,(H,15,18). The fourth-order valence-electron chi connectivity index (χ4n) is 2.33. The molecule has 1 aliphatic rings. The minimum absolute atomic E-state index is 0.0278. The summed E-state index contributed by atoms with van der Waals surface area (Å²) in [5.41, 5.74) is -0.750. The van der Waals surface area contributed by atoms with Gasteiger partial charge < -0.3 is 15.1 Å². The van der Waals surface area contributed by atoms with E-state index in [0.29, 0.717) is 19.4 Å². The number of hydrogen-bond acceptors (Lipinski definition) is 3. The Hall–Kier alpha value is -1.10. The fourth-order valence-corrected chi connectivity index (χ4v) is 2.33. The maximum Gasteiger partial charge on any atom is 0.248 e. The molecule has 2 atom stereocenters. The van der Waals surface area contributed by atoms with Crippen LogP contribution in [0.1, 0.15) is 40.0 Å². The average molecular weight is 269 g/mol. The van der Waals surface area contributed by atoms with Crippen molar-refractivity contribution in [3.8, 4) is 0 Å². The number of amides is 2. The summed E-state index contributed by atoms with van der Waals surface area (Å²) >= 11 is 0. The summed E-state index contributed by atoms with van der Waals surface area (Å²) in [5, 5.41) is 2.86. The van der Waals surface area contributed by atoms with Gasteiger partial charge in [-0.1, -0.05) is 6.92 Å². The highest BCUT2D eigenvalue weighted by atomic mass is 16.2. The third-order valence-corrected chi connectivity index (χ3v) is 3.96. The Kier molecular flexibility index (Phi) is 5.35. The molecular weight excluding hydrogens is 242 g/mol. The van der Waals surface area contributed by atoms with Crippen molar-refractivity contribution < 1.29 is 9.59 Å². The van der Waals surface area contributed by atoms with Crippen molar-refractivity contribution in [2.75, 3.05) is 27.2 Å². The number of nitrogens with one attached hydrogen (secondary N) is 1. The van der Waals surface area contributed by atoms with Crippen LogP contribution >= 0.6 is 0 Å². The summed E-state index contributed by atoms with van der Waals surface area (Å²) in [6.45, 7) is 7.29. The first-order chi connectivity index (χ1) is 8.80. The quantitative estimate of drug-likeness (QED) is 0.805. The lowest BCUT2D eigenvalue weighted by atomic mass is 9.96. The van der Waals surface area contributed by atoms with Gasteiger partial charge in [-0.3, -0.25) is 9.59 Å². The summed E-state index contributed by atoms with van der Waals surface area (Å²) in [4.78, 5) is 28.3. The number of rotatable bonds is 5. The minimum atomic E-state index is -0.750. The van der Waals surface area contributed by atoms with Crippen molar-refractivity contribution >= 4 is 11.8 Å². The van der Waals surface area contributed by atoms with E-state index in [-0.39, 0.29) is 17.9 Å². The Morgan fingerprint density at radius 2 is 2.05 bits per heavy atom. The van der Waals surface area contributed by atoms with Gasteiger partial charge in [0.15, 0.2) is 0 Å². The van der Waals surface area contributed by atoms with Gasteiger partial charge in [-0.15, -0.1) is 0 Å². The van der Waals surface area contributed by atoms with Gasteiger partial charge in [-0.2, -0.15) is 0 Å². The molecule has 0 saturated carbocycles. The van der Waals surface area contributed by atoms with Crippen LogP contribution in [-0.2, 0) is 9.59 Å². The first-order valence-corrected chi connectivity index (χ1v) is 7.07. The summed E-state index contributed by atoms with van der Waals surface area (Å²) in [5.74, 6) is 0.0205. The van der Waals surface area contributed by atoms with Crippen LogP contribution in [0.25, 0.3) is 0 Å². The molecular formula is C14H27N3O2. The molecule has 110 valence electrons. The third-order valence-electron chi connectivity index (χ3n) is 3.96. The highest BCUT2D eigenvalue weighted by molar-refractivity contribution is 5.93. The maximum absolute atomic E-state index is 12.6. The van der Waals surface area contributed by atoms with Gasteiger partial charge in [-0.05, 0) is 47.3 Å². The Morgan fingerprint density at radius 1 is 1.42 bits per heavy atom. The second-order valence-corrected chi connectivity index (χ2v) is 5.92. The van der Waals surface area contributed by atoms with Crippen LogP contribution in [0.15, 0.2) is 0 Å². The summed E-state index contributed by atoms with van der Waals surface area (Å²) in [7, 11) is 4.05. The van der Waals surface area contributed by atoms with E-state index < -0.39 is 5.54 Å². The molecule has 0 spiro atoms. The molecule has 0 radical (unpaired) electrons. The van der Waals surface area contributed by atoms with Crippen LogP contribution in [0, 0.1) is 0 Å². The van der Waals surface area contributed by atoms with Crippen LogP contribution in [0.5, 0.6) is 0 Å². The predicted molar refractivity (Wildman–Crippen MR) is 75.8 cm³/mol. The van der Waals surface area contributed by atoms with E-state index in [2.05, 4.69) is 17.1 Å². The van der Waals surface area contributed by atoms with Crippen molar-refractivity contribution in [2.24, 2.45) is 0 Å². The molecule has 0 aliphatic carbocycles. The number of carbonyl (C=O) groups excluding carboxylic acids is 2. The van der Waals surface area contributed by atoms with Crippen LogP contribution in [0.4, 0.5) is 0 Å². The first kappa shape index (κ1) is 16.0. The van der Waals surface area contributed by atoms with Crippen molar-refractivity contribution in [1.82, 2.24) is 15.1 Å². The lowest BCUT2D eigenvalue weighted by molar-refractivity contribution is -0.140. The van der Waals surface area contributed by atoms with Gasteiger partial charge in [0.05, 0.1) is 0 Å². The van der Waals surface area contributed by atoms with Crippen molar-refractivity contribution in [3.05, 3.63) is 0 Å². The van der Waals surface area contributed by atoms with Crippen molar-refractivity contribution in [1.29, 1.82) is 0 Å². The molecule has 5 nitrogen and oxygen atoms in total. The van der Waals surface area contributed by atoms with Crippen molar-refractivity contribution in [2.45, 2.75) is 51.6 Å². The van der Waals surface area contributed by atoms with E-state index in [1.807, 2.05) is 32.8 Å². The molecule has 5 heteroatoms. The lowest BCUT2D eigenvalue weighted by Crippen LogP contribution is -2.56. The Morgan fingerprint density at radius 3 is 2.58 bits per heavy atom. The second kappa shape index (κ2) is 6.37. The molecule has 0 aromatic rings. The highest BCUT2D eigenvalue weighted by Crippen LogP contribution is 2.20. The van der Waals surface area contributed by atoms with Crippen LogP contribution in [-0.4, -0.2) is 60.4 Å². The highest BCUT2D eigenvalue weighted by Gasteiger charge is 2.40. The van der Waals surface area contributed by atoms with Crippen LogP contribution < -0.4 is 5.32 Å². The molecule has 2 unspecified atom stereocenters. The monoisotopic (exact) mass is 269 g/mol. The molecule has 1 saturated heterocycles. The zero-order chi connectivity index (χ0) is 14.6. The molecule has 0 bridgehead atoms. The molecule has 1 fully saturated rings. The smallest absolute Gasteiger partial charge is 0.248 e. The first-order valence-electron chi connectivity index (χ1n) is 7.07. The zero-order valence-corrected chi connectivity index (χ0v) is 12.8. The Labute approximate surface area is 116 Å². The van der Waals surface area contributed by atoms with E-state index in [1.54, 1.807) is 0 Å². The van der Waals surface area contributed by atoms with Gasteiger partial charge in [0.1, 0.15) is 5.54 Å². The largest absolute Gasteiger partial charge is 0.342 e. The normalized spacial score (nSPS) is 26.3. The van der Waals surface area contributed by atoms with Gasteiger partial charge in [0.2, 0.25) is 11.8 Å². The van der Waals surface area contributed by atoms with Gasteiger partial charge in [0, 0.05) is 19.0 Å². The molecule has 1 aliphatic heterocycles. The van der Waals surface area contributed by atoms with E-state index in [0.717, 1.165) is 13.0 Å². The maximum atomic E-state index is 12.6. The van der Waals surface area contributed by atoms with E-state index in [9.17, 15) is 9.59 Å². The topological polar surface area (TPSA) is 52.7 Å². The number of nitrogens with zero attached hydrogens (tertiary/aromatic N) is 2. The van der Waals surface area contributed by atoms with E-state index in [4.69, 9.17) is 0 Å². The predicted octanol–water partition coefficient (Wildman–Crippen LogP) is 0.844. The zero-order valence-electron chi connectivity index (χ0n) is 12.8. The molecule has 1 N–H and O–H groups in total. The second-order valence-electron chi connectivity index (χ2n) is 5.92. The van der Waals surface area contributed by atoms with Gasteiger partial charge in [0.25, 0.3) is 0 Å². The molecule has 1 heterocycles. The summed E-state index contributed by atoms with van der Waals surface area (Å²) in [6, 6.07) is 0.161. The van der Waals surface area contributed by atoms with Gasteiger partial charge in [-0.25, -0.2) is 0 Å². The summed E-state index contributed by atoms with van der Waals surface area (Å²) < 4.78 is 0. The SMILES string of the molecule is CCC1(C)NC(=O)CCN(C(C)CCN(C)C)C1=O. The molecule has 2 amide bonds. The minimum Gasteiger partial charge on any atom is -0.342 e. The number of hydrogen-bond donors (Lipinski definition) is 1. The van der Waals surface area contributed by atoms with Crippen LogP contribution in [0.3, 0.4) is 0 Å². The molecule has 1 rings (SSSR count). The molecule has 0 aromatic carbocycles. The van der Waals surface area contributed by atoms with Crippen LogP contribution in [0.2, 0.25) is 0 Å². The Bertz CT molecular complexity index is 344. The third kappa shape index (κ3) is 3.93. The van der Waals surface area contributed by atoms with Crippen molar-refractivity contribution in [3.63, 3.8) is 0 Å². The molecule has 0 aromatic heterocycles. The molecule has 19 heavy (non-hydrogen) atoms. The van der Waals surface area contributed by atoms with E-state index in [1.165, 1.54) is 0 Å². The van der Waals surface area contributed by atoms with Gasteiger partial charge >= 0.3 is 0 Å². The average Bonchev–Trinajstić information content (AvgIpc) is 2.45. The Balaban J connectivity index is 2.81. The number of carbonyl (C=O) groups is 2. The fraction of sp³-hybridized carbons (Fsp3) is 0.857.